The van der Waals surface area contributed by atoms with Gasteiger partial charge < -0.3 is 15.5 Å². The Bertz CT molecular complexity index is 459. The van der Waals surface area contributed by atoms with Crippen LogP contribution in [0.2, 0.25) is 0 Å². The van der Waals surface area contributed by atoms with E-state index in [0.717, 1.165) is 19.3 Å². The molecule has 3 N–H and O–H groups in total. The molecule has 0 spiro atoms. The lowest BCUT2D eigenvalue weighted by atomic mass is 9.97. The molecular weight excluding hydrogens is 242 g/mol. The summed E-state index contributed by atoms with van der Waals surface area (Å²) >= 11 is 0. The van der Waals surface area contributed by atoms with Crippen molar-refractivity contribution in [1.82, 2.24) is 5.32 Å². The van der Waals surface area contributed by atoms with E-state index >= 15 is 0 Å². The molecule has 2 atom stereocenters. The van der Waals surface area contributed by atoms with Crippen LogP contribution in [0.1, 0.15) is 35.2 Å². The lowest BCUT2D eigenvalue weighted by Gasteiger charge is -2.18. The summed E-state index contributed by atoms with van der Waals surface area (Å²) in [5.74, 6) is 0.663. The van der Waals surface area contributed by atoms with E-state index in [0.29, 0.717) is 29.5 Å². The Morgan fingerprint density at radius 2 is 2.11 bits per heavy atom. The second kappa shape index (κ2) is 6.06. The fourth-order valence-electron chi connectivity index (χ4n) is 2.81. The molecule has 2 rings (SSSR count). The van der Waals surface area contributed by atoms with E-state index in [1.165, 1.54) is 0 Å². The van der Waals surface area contributed by atoms with E-state index in [2.05, 4.69) is 5.32 Å². The van der Waals surface area contributed by atoms with Crippen LogP contribution in [0.25, 0.3) is 0 Å². The van der Waals surface area contributed by atoms with Crippen LogP contribution in [-0.4, -0.2) is 29.3 Å². The normalized spacial score (nSPS) is 22.4. The summed E-state index contributed by atoms with van der Waals surface area (Å²) in [5, 5.41) is 21.8. The second-order valence-electron chi connectivity index (χ2n) is 5.29. The topological polar surface area (TPSA) is 69.6 Å². The fraction of sp³-hybridized carbons (Fsp3) is 0.533. The van der Waals surface area contributed by atoms with Gasteiger partial charge in [-0.25, -0.2) is 0 Å². The predicted molar refractivity (Wildman–Crippen MR) is 73.1 cm³/mol. The summed E-state index contributed by atoms with van der Waals surface area (Å²) in [7, 11) is 0. The van der Waals surface area contributed by atoms with Crippen LogP contribution in [0, 0.1) is 18.8 Å². The van der Waals surface area contributed by atoms with Gasteiger partial charge in [-0.15, -0.1) is 0 Å². The van der Waals surface area contributed by atoms with Crippen LogP contribution in [0.4, 0.5) is 0 Å². The van der Waals surface area contributed by atoms with Gasteiger partial charge in [-0.3, -0.25) is 4.79 Å². The molecule has 2 unspecified atom stereocenters. The molecule has 4 heteroatoms. The first kappa shape index (κ1) is 13.9. The minimum Gasteiger partial charge on any atom is -0.508 e. The summed E-state index contributed by atoms with van der Waals surface area (Å²) in [6, 6.07) is 4.96. The number of phenolic OH excluding ortho intramolecular Hbond substituents is 1. The number of phenols is 1. The Morgan fingerprint density at radius 1 is 1.37 bits per heavy atom. The fourth-order valence-corrected chi connectivity index (χ4v) is 2.81. The van der Waals surface area contributed by atoms with Gasteiger partial charge in [0.2, 0.25) is 0 Å². The minimum absolute atomic E-state index is 0.141. The first-order valence-electron chi connectivity index (χ1n) is 6.81. The van der Waals surface area contributed by atoms with E-state index < -0.39 is 0 Å². The third kappa shape index (κ3) is 3.07. The molecule has 1 fully saturated rings. The van der Waals surface area contributed by atoms with Crippen LogP contribution in [0.3, 0.4) is 0 Å². The summed E-state index contributed by atoms with van der Waals surface area (Å²) in [4.78, 5) is 12.1. The monoisotopic (exact) mass is 263 g/mol. The summed E-state index contributed by atoms with van der Waals surface area (Å²) < 4.78 is 0. The highest BCUT2D eigenvalue weighted by atomic mass is 16.3. The maximum absolute atomic E-state index is 12.1. The van der Waals surface area contributed by atoms with Crippen molar-refractivity contribution in [1.29, 1.82) is 0 Å². The van der Waals surface area contributed by atoms with Crippen LogP contribution < -0.4 is 5.32 Å². The number of carbonyl (C=O) groups excluding carboxylic acids is 1. The molecule has 0 heterocycles. The molecule has 0 radical (unpaired) electrons. The van der Waals surface area contributed by atoms with Crippen molar-refractivity contribution in [2.45, 2.75) is 26.2 Å². The number of nitrogens with one attached hydrogen (secondary N) is 1. The molecule has 1 aromatic carbocycles. The molecule has 4 nitrogen and oxygen atoms in total. The summed E-state index contributed by atoms with van der Waals surface area (Å²) in [6.07, 6.45) is 3.23. The molecule has 0 bridgehead atoms. The van der Waals surface area contributed by atoms with Crippen molar-refractivity contribution in [2.24, 2.45) is 11.8 Å². The smallest absolute Gasteiger partial charge is 0.251 e. The van der Waals surface area contributed by atoms with Gasteiger partial charge in [0.1, 0.15) is 5.75 Å². The molecule has 104 valence electrons. The molecule has 1 saturated carbocycles. The first-order chi connectivity index (χ1) is 9.13. The molecule has 1 aliphatic rings. The van der Waals surface area contributed by atoms with Crippen LogP contribution in [0.5, 0.6) is 5.75 Å². The zero-order chi connectivity index (χ0) is 13.8. The number of hydrogen-bond acceptors (Lipinski definition) is 3. The molecule has 0 saturated heterocycles. The molecule has 1 aliphatic carbocycles. The zero-order valence-electron chi connectivity index (χ0n) is 11.2. The predicted octanol–water partition coefficient (Wildman–Crippen LogP) is 1.84. The Labute approximate surface area is 113 Å². The maximum atomic E-state index is 12.1. The van der Waals surface area contributed by atoms with Gasteiger partial charge in [0.15, 0.2) is 0 Å². The highest BCUT2D eigenvalue weighted by Gasteiger charge is 2.27. The van der Waals surface area contributed by atoms with Crippen molar-refractivity contribution in [3.63, 3.8) is 0 Å². The van der Waals surface area contributed by atoms with Gasteiger partial charge >= 0.3 is 0 Å². The van der Waals surface area contributed by atoms with Crippen LogP contribution in [0.15, 0.2) is 18.2 Å². The van der Waals surface area contributed by atoms with E-state index in [1.54, 1.807) is 25.1 Å². The van der Waals surface area contributed by atoms with Crippen molar-refractivity contribution >= 4 is 5.91 Å². The van der Waals surface area contributed by atoms with Gasteiger partial charge in [-0.1, -0.05) is 12.5 Å². The summed E-state index contributed by atoms with van der Waals surface area (Å²) in [5.41, 5.74) is 1.11. The third-order valence-corrected chi connectivity index (χ3v) is 4.13. The molecule has 19 heavy (non-hydrogen) atoms. The summed E-state index contributed by atoms with van der Waals surface area (Å²) in [6.45, 7) is 2.53. The number of benzene rings is 1. The lowest BCUT2D eigenvalue weighted by molar-refractivity contribution is 0.0936. The van der Waals surface area contributed by atoms with Crippen molar-refractivity contribution in [3.05, 3.63) is 29.3 Å². The first-order valence-corrected chi connectivity index (χ1v) is 6.81. The Morgan fingerprint density at radius 3 is 2.84 bits per heavy atom. The molecule has 0 aromatic heterocycles. The van der Waals surface area contributed by atoms with Crippen molar-refractivity contribution in [2.75, 3.05) is 13.2 Å². The van der Waals surface area contributed by atoms with Crippen LogP contribution >= 0.6 is 0 Å². The average Bonchev–Trinajstić information content (AvgIpc) is 2.86. The molecular formula is C15H21NO3. The maximum Gasteiger partial charge on any atom is 0.251 e. The minimum atomic E-state index is -0.156. The SMILES string of the molecule is Cc1c(O)cccc1C(=O)NCC1CCCC1CO. The standard InChI is InChI=1S/C15H21NO3/c1-10-13(6-3-7-14(10)18)15(19)16-8-11-4-2-5-12(11)9-17/h3,6-7,11-12,17-18H,2,4-5,8-9H2,1H3,(H,16,19). The van der Waals surface area contributed by atoms with Gasteiger partial charge in [0.25, 0.3) is 5.91 Å². The van der Waals surface area contributed by atoms with Crippen molar-refractivity contribution in [3.8, 4) is 5.75 Å². The van der Waals surface area contributed by atoms with Gasteiger partial charge in [-0.05, 0) is 43.7 Å². The van der Waals surface area contributed by atoms with E-state index in [9.17, 15) is 15.0 Å². The number of amides is 1. The van der Waals surface area contributed by atoms with Gasteiger partial charge in [0.05, 0.1) is 0 Å². The van der Waals surface area contributed by atoms with Crippen molar-refractivity contribution < 1.29 is 15.0 Å². The molecule has 1 aromatic rings. The van der Waals surface area contributed by atoms with E-state index in [4.69, 9.17) is 0 Å². The quantitative estimate of drug-likeness (QED) is 0.776. The number of aliphatic hydroxyl groups excluding tert-OH is 1. The number of hydrogen-bond donors (Lipinski definition) is 3. The van der Waals surface area contributed by atoms with Gasteiger partial charge in [-0.2, -0.15) is 0 Å². The number of aliphatic hydroxyl groups is 1. The highest BCUT2D eigenvalue weighted by molar-refractivity contribution is 5.96. The number of rotatable bonds is 4. The molecule has 1 amide bonds. The highest BCUT2D eigenvalue weighted by Crippen LogP contribution is 2.30. The average molecular weight is 263 g/mol. The second-order valence-corrected chi connectivity index (χ2v) is 5.29. The largest absolute Gasteiger partial charge is 0.508 e. The zero-order valence-corrected chi connectivity index (χ0v) is 11.2. The van der Waals surface area contributed by atoms with Crippen LogP contribution in [-0.2, 0) is 0 Å². The Hall–Kier alpha value is -1.55. The Kier molecular flexibility index (Phi) is 4.43. The molecule has 0 aliphatic heterocycles. The van der Waals surface area contributed by atoms with E-state index in [1.807, 2.05) is 0 Å². The third-order valence-electron chi connectivity index (χ3n) is 4.13. The van der Waals surface area contributed by atoms with E-state index in [-0.39, 0.29) is 18.3 Å². The number of carbonyl (C=O) groups is 1. The number of aromatic hydroxyl groups is 1. The Balaban J connectivity index is 1.96. The lowest BCUT2D eigenvalue weighted by Crippen LogP contribution is -2.32. The van der Waals surface area contributed by atoms with Gasteiger partial charge in [0, 0.05) is 24.3 Å².